The lowest BCUT2D eigenvalue weighted by Gasteiger charge is -2.04. The average molecular weight is 361 g/mol. The first-order chi connectivity index (χ1) is 12.3. The Morgan fingerprint density at radius 2 is 1.92 bits per heavy atom. The van der Waals surface area contributed by atoms with E-state index in [0.29, 0.717) is 5.16 Å². The molecule has 0 radical (unpaired) electrons. The molecule has 0 aliphatic carbocycles. The minimum absolute atomic E-state index is 0.0252. The van der Waals surface area contributed by atoms with Crippen LogP contribution in [-0.4, -0.2) is 9.97 Å². The number of rotatable bonds is 5. The van der Waals surface area contributed by atoms with E-state index in [2.05, 4.69) is 15.3 Å². The van der Waals surface area contributed by atoms with Crippen LogP contribution in [0.2, 0.25) is 0 Å². The van der Waals surface area contributed by atoms with Crippen molar-refractivity contribution in [2.24, 2.45) is 0 Å². The first-order valence-corrected chi connectivity index (χ1v) is 8.90. The van der Waals surface area contributed by atoms with Crippen LogP contribution < -0.4 is 5.32 Å². The zero-order valence-electron chi connectivity index (χ0n) is 12.9. The van der Waals surface area contributed by atoms with Gasteiger partial charge in [-0.05, 0) is 53.5 Å². The molecule has 0 fully saturated rings. The summed E-state index contributed by atoms with van der Waals surface area (Å²) < 4.78 is 0. The molecule has 0 aliphatic heterocycles. The predicted molar refractivity (Wildman–Crippen MR) is 98.8 cm³/mol. The molecular weight excluding hydrogens is 350 g/mol. The topological polar surface area (TPSA) is 85.4 Å². The van der Waals surface area contributed by atoms with Crippen molar-refractivity contribution in [3.8, 4) is 22.7 Å². The maximum absolute atomic E-state index is 8.71. The number of thiophene rings is 1. The van der Waals surface area contributed by atoms with Gasteiger partial charge in [0.25, 0.3) is 0 Å². The van der Waals surface area contributed by atoms with Crippen molar-refractivity contribution in [1.29, 1.82) is 10.5 Å². The molecule has 0 amide bonds. The smallest absolute Gasteiger partial charge is 0.192 e. The van der Waals surface area contributed by atoms with Crippen molar-refractivity contribution in [1.82, 2.24) is 9.97 Å². The molecule has 1 aromatic carbocycles. The number of hydrogen-bond donors (Lipinski definition) is 1. The molecule has 3 rings (SSSR count). The molecule has 0 aliphatic rings. The molecular formula is C18H11N5S2. The summed E-state index contributed by atoms with van der Waals surface area (Å²) in [5.41, 5.74) is 1.73. The summed E-state index contributed by atoms with van der Waals surface area (Å²) in [4.78, 5) is 11.0. The van der Waals surface area contributed by atoms with Crippen molar-refractivity contribution in [3.05, 3.63) is 65.8 Å². The quantitative estimate of drug-likeness (QED) is 0.524. The van der Waals surface area contributed by atoms with Crippen LogP contribution in [0.15, 0.2) is 75.9 Å². The highest BCUT2D eigenvalue weighted by molar-refractivity contribution is 7.99. The van der Waals surface area contributed by atoms with Crippen LogP contribution in [0, 0.1) is 22.7 Å². The van der Waals surface area contributed by atoms with Gasteiger partial charge in [-0.2, -0.15) is 10.5 Å². The van der Waals surface area contributed by atoms with Gasteiger partial charge in [0.05, 0.1) is 10.6 Å². The Kier molecular flexibility index (Phi) is 5.43. The summed E-state index contributed by atoms with van der Waals surface area (Å²) >= 11 is 3.12. The Morgan fingerprint density at radius 3 is 2.60 bits per heavy atom. The number of benzene rings is 1. The van der Waals surface area contributed by atoms with Crippen LogP contribution in [0.3, 0.4) is 0 Å². The largest absolute Gasteiger partial charge is 0.360 e. The molecule has 2 aromatic heterocycles. The predicted octanol–water partition coefficient (Wildman–Crippen LogP) is 4.70. The average Bonchev–Trinajstić information content (AvgIpc) is 3.19. The van der Waals surface area contributed by atoms with Gasteiger partial charge >= 0.3 is 0 Å². The van der Waals surface area contributed by atoms with Crippen molar-refractivity contribution < 1.29 is 0 Å². The van der Waals surface area contributed by atoms with Crippen molar-refractivity contribution >= 4 is 28.8 Å². The normalized spacial score (nSPS) is 9.68. The van der Waals surface area contributed by atoms with E-state index in [9.17, 15) is 0 Å². The Morgan fingerprint density at radius 1 is 1.12 bits per heavy atom. The van der Waals surface area contributed by atoms with E-state index in [4.69, 9.17) is 10.5 Å². The summed E-state index contributed by atoms with van der Waals surface area (Å²) in [5, 5.41) is 23.0. The van der Waals surface area contributed by atoms with Crippen molar-refractivity contribution in [3.63, 3.8) is 0 Å². The molecule has 5 nitrogen and oxygen atoms in total. The minimum Gasteiger partial charge on any atom is -0.360 e. The molecule has 0 saturated carbocycles. The number of hydrogen-bond acceptors (Lipinski definition) is 7. The molecule has 1 N–H and O–H groups in total. The van der Waals surface area contributed by atoms with Crippen molar-refractivity contribution in [2.45, 2.75) is 10.1 Å². The minimum atomic E-state index is 0.0252. The second kappa shape index (κ2) is 8.11. The van der Waals surface area contributed by atoms with Gasteiger partial charge in [-0.25, -0.2) is 9.97 Å². The third kappa shape index (κ3) is 4.45. The maximum atomic E-state index is 8.71. The van der Waals surface area contributed by atoms with Gasteiger partial charge in [0.2, 0.25) is 0 Å². The number of nitriles is 2. The van der Waals surface area contributed by atoms with E-state index in [1.54, 1.807) is 29.7 Å². The second-order valence-electron chi connectivity index (χ2n) is 4.75. The van der Waals surface area contributed by atoms with Gasteiger partial charge in [0.1, 0.15) is 17.7 Å². The second-order valence-corrected chi connectivity index (χ2v) is 6.74. The van der Waals surface area contributed by atoms with Gasteiger partial charge in [-0.15, -0.1) is 11.3 Å². The van der Waals surface area contributed by atoms with E-state index >= 15 is 0 Å². The van der Waals surface area contributed by atoms with Crippen LogP contribution in [0.4, 0.5) is 5.69 Å². The maximum Gasteiger partial charge on any atom is 0.192 e. The fourth-order valence-corrected chi connectivity index (χ4v) is 3.36. The highest BCUT2D eigenvalue weighted by atomic mass is 32.2. The summed E-state index contributed by atoms with van der Waals surface area (Å²) in [6, 6.07) is 17.1. The van der Waals surface area contributed by atoms with Gasteiger partial charge < -0.3 is 5.32 Å². The molecule has 120 valence electrons. The molecule has 0 saturated heterocycles. The molecule has 25 heavy (non-hydrogen) atoms. The fraction of sp³-hybridized carbons (Fsp3) is 0. The Hall–Kier alpha value is -3.13. The zero-order chi connectivity index (χ0) is 17.5. The lowest BCUT2D eigenvalue weighted by atomic mass is 10.3. The standard InChI is InChI=1S/C18H11N5S2/c19-10-13(11-20)12-22-14-3-5-15(6-4-14)25-18-21-8-7-16(23-18)17-2-1-9-24-17/h1-9,12,22H. The number of anilines is 1. The van der Waals surface area contributed by atoms with Crippen LogP contribution >= 0.6 is 23.1 Å². The van der Waals surface area contributed by atoms with Gasteiger partial charge in [-0.3, -0.25) is 0 Å². The van der Waals surface area contributed by atoms with Gasteiger partial charge in [-0.1, -0.05) is 6.07 Å². The first-order valence-electron chi connectivity index (χ1n) is 7.20. The summed E-state index contributed by atoms with van der Waals surface area (Å²) in [6.07, 6.45) is 3.15. The van der Waals surface area contributed by atoms with Crippen LogP contribution in [0.5, 0.6) is 0 Å². The summed E-state index contributed by atoms with van der Waals surface area (Å²) in [6.45, 7) is 0. The molecule has 0 unspecified atom stereocenters. The Labute approximate surface area is 153 Å². The lowest BCUT2D eigenvalue weighted by Crippen LogP contribution is -1.90. The third-order valence-corrected chi connectivity index (χ3v) is 4.87. The monoisotopic (exact) mass is 361 g/mol. The van der Waals surface area contributed by atoms with Crippen LogP contribution in [0.1, 0.15) is 0 Å². The van der Waals surface area contributed by atoms with E-state index < -0.39 is 0 Å². The van der Waals surface area contributed by atoms with E-state index in [-0.39, 0.29) is 5.57 Å². The Bertz CT molecular complexity index is 948. The number of nitrogens with one attached hydrogen (secondary N) is 1. The molecule has 7 heteroatoms. The molecule has 0 bridgehead atoms. The SMILES string of the molecule is N#CC(C#N)=CNc1ccc(Sc2nccc(-c3cccs3)n2)cc1. The number of aromatic nitrogens is 2. The highest BCUT2D eigenvalue weighted by Crippen LogP contribution is 2.28. The van der Waals surface area contributed by atoms with E-state index in [1.807, 2.05) is 47.8 Å². The Balaban J connectivity index is 1.70. The van der Waals surface area contributed by atoms with E-state index in [1.165, 1.54) is 18.0 Å². The highest BCUT2D eigenvalue weighted by Gasteiger charge is 2.05. The van der Waals surface area contributed by atoms with Gasteiger partial charge in [0, 0.05) is 23.0 Å². The fourth-order valence-electron chi connectivity index (χ4n) is 1.92. The lowest BCUT2D eigenvalue weighted by molar-refractivity contribution is 0.974. The first kappa shape index (κ1) is 16.7. The zero-order valence-corrected chi connectivity index (χ0v) is 14.5. The van der Waals surface area contributed by atoms with Crippen LogP contribution in [0.25, 0.3) is 10.6 Å². The number of nitrogens with zero attached hydrogens (tertiary/aromatic N) is 4. The molecule has 3 aromatic rings. The third-order valence-electron chi connectivity index (χ3n) is 3.09. The summed E-state index contributed by atoms with van der Waals surface area (Å²) in [7, 11) is 0. The van der Waals surface area contributed by atoms with Gasteiger partial charge in [0.15, 0.2) is 5.16 Å². The molecule has 0 atom stereocenters. The van der Waals surface area contributed by atoms with Crippen LogP contribution in [-0.2, 0) is 0 Å². The summed E-state index contributed by atoms with van der Waals surface area (Å²) in [5.74, 6) is 0. The van der Waals surface area contributed by atoms with E-state index in [0.717, 1.165) is 21.2 Å². The number of allylic oxidation sites excluding steroid dienone is 1. The molecule has 2 heterocycles. The van der Waals surface area contributed by atoms with Crippen molar-refractivity contribution in [2.75, 3.05) is 5.32 Å². The molecule has 0 spiro atoms.